The zero-order chi connectivity index (χ0) is 20.6. The SMILES string of the molecule is CC(C)(C)OC(=O)N(CC(O)C(N)Cc1ccccc1)NCC1CCCCC1. The van der Waals surface area contributed by atoms with Crippen molar-refractivity contribution in [2.45, 2.75) is 77.0 Å². The number of rotatable bonds is 8. The van der Waals surface area contributed by atoms with E-state index in [1.54, 1.807) is 0 Å². The lowest BCUT2D eigenvalue weighted by atomic mass is 9.89. The molecule has 0 radical (unpaired) electrons. The molecule has 0 spiro atoms. The highest BCUT2D eigenvalue weighted by atomic mass is 16.6. The van der Waals surface area contributed by atoms with Crippen molar-refractivity contribution in [1.29, 1.82) is 0 Å². The number of nitrogens with one attached hydrogen (secondary N) is 1. The van der Waals surface area contributed by atoms with Crippen LogP contribution in [0.1, 0.15) is 58.4 Å². The maximum atomic E-state index is 12.6. The lowest BCUT2D eigenvalue weighted by Gasteiger charge is -2.32. The molecule has 1 saturated carbocycles. The third-order valence-corrected chi connectivity index (χ3v) is 5.09. The summed E-state index contributed by atoms with van der Waals surface area (Å²) in [5.74, 6) is 0.550. The van der Waals surface area contributed by atoms with Crippen LogP contribution in [0.5, 0.6) is 0 Å². The minimum Gasteiger partial charge on any atom is -0.443 e. The van der Waals surface area contributed by atoms with Crippen molar-refractivity contribution in [2.24, 2.45) is 11.7 Å². The lowest BCUT2D eigenvalue weighted by molar-refractivity contribution is -0.00379. The molecule has 1 aromatic rings. The maximum Gasteiger partial charge on any atom is 0.424 e. The maximum absolute atomic E-state index is 12.6. The van der Waals surface area contributed by atoms with E-state index in [2.05, 4.69) is 5.43 Å². The largest absolute Gasteiger partial charge is 0.443 e. The summed E-state index contributed by atoms with van der Waals surface area (Å²) in [7, 11) is 0. The minimum absolute atomic E-state index is 0.0929. The van der Waals surface area contributed by atoms with Crippen LogP contribution in [0, 0.1) is 5.92 Å². The molecule has 4 N–H and O–H groups in total. The summed E-state index contributed by atoms with van der Waals surface area (Å²) in [4.78, 5) is 12.6. The molecule has 0 aliphatic heterocycles. The van der Waals surface area contributed by atoms with Gasteiger partial charge in [-0.15, -0.1) is 0 Å². The van der Waals surface area contributed by atoms with Crippen LogP contribution in [0.4, 0.5) is 4.79 Å². The first-order chi connectivity index (χ1) is 13.2. The van der Waals surface area contributed by atoms with Crippen LogP contribution < -0.4 is 11.2 Å². The summed E-state index contributed by atoms with van der Waals surface area (Å²) < 4.78 is 5.51. The van der Waals surface area contributed by atoms with Gasteiger partial charge in [0.05, 0.1) is 12.6 Å². The molecule has 158 valence electrons. The lowest BCUT2D eigenvalue weighted by Crippen LogP contribution is -2.53. The zero-order valence-corrected chi connectivity index (χ0v) is 17.6. The van der Waals surface area contributed by atoms with Gasteiger partial charge in [-0.2, -0.15) is 0 Å². The number of nitrogens with zero attached hydrogens (tertiary/aromatic N) is 1. The molecule has 1 aromatic carbocycles. The van der Waals surface area contributed by atoms with Gasteiger partial charge in [0.15, 0.2) is 0 Å². The Morgan fingerprint density at radius 1 is 1.25 bits per heavy atom. The van der Waals surface area contributed by atoms with Crippen LogP contribution in [0.25, 0.3) is 0 Å². The molecule has 0 bridgehead atoms. The molecule has 2 atom stereocenters. The van der Waals surface area contributed by atoms with Gasteiger partial charge in [0.2, 0.25) is 0 Å². The van der Waals surface area contributed by atoms with E-state index in [1.807, 2.05) is 51.1 Å². The Bertz CT molecular complexity index is 582. The highest BCUT2D eigenvalue weighted by Gasteiger charge is 2.27. The molecule has 6 heteroatoms. The second-order valence-electron chi connectivity index (χ2n) is 8.88. The third kappa shape index (κ3) is 8.17. The molecule has 6 nitrogen and oxygen atoms in total. The highest BCUT2D eigenvalue weighted by molar-refractivity contribution is 5.67. The normalized spacial score (nSPS) is 17.8. The number of hydrogen-bond acceptors (Lipinski definition) is 5. The van der Waals surface area contributed by atoms with Crippen molar-refractivity contribution in [2.75, 3.05) is 13.1 Å². The first-order valence-corrected chi connectivity index (χ1v) is 10.5. The molecule has 1 fully saturated rings. The van der Waals surface area contributed by atoms with Crippen molar-refractivity contribution in [3.63, 3.8) is 0 Å². The van der Waals surface area contributed by atoms with Crippen LogP contribution in [-0.2, 0) is 11.2 Å². The molecular weight excluding hydrogens is 354 g/mol. The van der Waals surface area contributed by atoms with Crippen molar-refractivity contribution in [3.8, 4) is 0 Å². The van der Waals surface area contributed by atoms with E-state index in [1.165, 1.54) is 37.1 Å². The molecule has 1 aliphatic rings. The van der Waals surface area contributed by atoms with Crippen molar-refractivity contribution < 1.29 is 14.6 Å². The van der Waals surface area contributed by atoms with Gasteiger partial charge < -0.3 is 15.6 Å². The number of aliphatic hydroxyl groups is 1. The molecular formula is C22H37N3O3. The summed E-state index contributed by atoms with van der Waals surface area (Å²) >= 11 is 0. The molecule has 0 heterocycles. The first kappa shape index (κ1) is 22.7. The van der Waals surface area contributed by atoms with Crippen LogP contribution in [-0.4, -0.2) is 47.0 Å². The van der Waals surface area contributed by atoms with Gasteiger partial charge in [0, 0.05) is 12.6 Å². The van der Waals surface area contributed by atoms with E-state index in [4.69, 9.17) is 10.5 Å². The fourth-order valence-corrected chi connectivity index (χ4v) is 3.50. The fraction of sp³-hybridized carbons (Fsp3) is 0.682. The van der Waals surface area contributed by atoms with Gasteiger partial charge in [-0.05, 0) is 51.5 Å². The average Bonchev–Trinajstić information content (AvgIpc) is 2.65. The number of carbonyl (C=O) groups excluding carboxylic acids is 1. The van der Waals surface area contributed by atoms with Crippen LogP contribution >= 0.6 is 0 Å². The van der Waals surface area contributed by atoms with Crippen molar-refractivity contribution in [3.05, 3.63) is 35.9 Å². The van der Waals surface area contributed by atoms with Crippen molar-refractivity contribution in [1.82, 2.24) is 10.4 Å². The second kappa shape index (κ2) is 10.8. The predicted molar refractivity (Wildman–Crippen MR) is 112 cm³/mol. The number of nitrogens with two attached hydrogens (primary N) is 1. The van der Waals surface area contributed by atoms with Gasteiger partial charge in [0.1, 0.15) is 5.60 Å². The first-order valence-electron chi connectivity index (χ1n) is 10.5. The summed E-state index contributed by atoms with van der Waals surface area (Å²) in [6, 6.07) is 9.36. The average molecular weight is 392 g/mol. The quantitative estimate of drug-likeness (QED) is 0.592. The Balaban J connectivity index is 1.94. The predicted octanol–water partition coefficient (Wildman–Crippen LogP) is 3.24. The number of aliphatic hydroxyl groups excluding tert-OH is 1. The summed E-state index contributed by atoms with van der Waals surface area (Å²) in [5.41, 5.74) is 9.88. The van der Waals surface area contributed by atoms with E-state index in [9.17, 15) is 9.90 Å². The molecule has 1 amide bonds. The Hall–Kier alpha value is -1.63. The van der Waals surface area contributed by atoms with Gasteiger partial charge >= 0.3 is 6.09 Å². The Kier molecular flexibility index (Phi) is 8.73. The number of benzene rings is 1. The molecule has 28 heavy (non-hydrogen) atoms. The summed E-state index contributed by atoms with van der Waals surface area (Å²) in [6.45, 7) is 6.31. The molecule has 1 aliphatic carbocycles. The van der Waals surface area contributed by atoms with Gasteiger partial charge in [-0.25, -0.2) is 15.2 Å². The van der Waals surface area contributed by atoms with Gasteiger partial charge in [0.25, 0.3) is 0 Å². The molecule has 2 rings (SSSR count). The van der Waals surface area contributed by atoms with E-state index >= 15 is 0 Å². The smallest absolute Gasteiger partial charge is 0.424 e. The number of amides is 1. The molecule has 2 unspecified atom stereocenters. The standard InChI is InChI=1S/C22H37N3O3/c1-22(2,3)28-21(27)25(24-15-18-12-8-5-9-13-18)16-20(26)19(23)14-17-10-6-4-7-11-17/h4,6-7,10-11,18-20,24,26H,5,8-9,12-16,23H2,1-3H3. The number of ether oxygens (including phenoxy) is 1. The minimum atomic E-state index is -0.855. The number of hydrazine groups is 1. The van der Waals surface area contributed by atoms with Crippen LogP contribution in [0.2, 0.25) is 0 Å². The second-order valence-corrected chi connectivity index (χ2v) is 8.88. The van der Waals surface area contributed by atoms with Crippen LogP contribution in [0.15, 0.2) is 30.3 Å². The van der Waals surface area contributed by atoms with E-state index in [-0.39, 0.29) is 6.54 Å². The molecule has 0 saturated heterocycles. The fourth-order valence-electron chi connectivity index (χ4n) is 3.50. The van der Waals surface area contributed by atoms with E-state index in [0.717, 1.165) is 5.56 Å². The van der Waals surface area contributed by atoms with E-state index in [0.29, 0.717) is 18.9 Å². The Labute approximate surface area is 169 Å². The zero-order valence-electron chi connectivity index (χ0n) is 17.6. The molecule has 0 aromatic heterocycles. The Morgan fingerprint density at radius 2 is 1.89 bits per heavy atom. The Morgan fingerprint density at radius 3 is 2.50 bits per heavy atom. The third-order valence-electron chi connectivity index (χ3n) is 5.09. The van der Waals surface area contributed by atoms with Gasteiger partial charge in [-0.3, -0.25) is 0 Å². The number of carbonyl (C=O) groups is 1. The van der Waals surface area contributed by atoms with Crippen LogP contribution in [0.3, 0.4) is 0 Å². The highest BCUT2D eigenvalue weighted by Crippen LogP contribution is 2.23. The van der Waals surface area contributed by atoms with Crippen molar-refractivity contribution >= 4 is 6.09 Å². The summed E-state index contributed by atoms with van der Waals surface area (Å²) in [6.07, 6.45) is 5.33. The monoisotopic (exact) mass is 391 g/mol. The number of hydrogen-bond donors (Lipinski definition) is 3. The summed E-state index contributed by atoms with van der Waals surface area (Å²) in [5, 5.41) is 12.0. The van der Waals surface area contributed by atoms with E-state index < -0.39 is 23.8 Å². The van der Waals surface area contributed by atoms with Gasteiger partial charge in [-0.1, -0.05) is 49.6 Å². The topological polar surface area (TPSA) is 87.8 Å².